The predicted molar refractivity (Wildman–Crippen MR) is 99.0 cm³/mol. The summed E-state index contributed by atoms with van der Waals surface area (Å²) in [6.45, 7) is 10.4. The van der Waals surface area contributed by atoms with E-state index < -0.39 is 5.60 Å². The Morgan fingerprint density at radius 2 is 2.30 bits per heavy atom. The number of rotatable bonds is 5. The highest BCUT2D eigenvalue weighted by molar-refractivity contribution is 9.10. The monoisotopic (exact) mass is 402 g/mol. The molecule has 1 amide bonds. The van der Waals surface area contributed by atoms with E-state index in [2.05, 4.69) is 39.6 Å². The number of carbonyl (C=O) groups excluding carboxylic acids is 1. The summed E-state index contributed by atoms with van der Waals surface area (Å²) in [7, 11) is 0. The van der Waals surface area contributed by atoms with Crippen LogP contribution in [0.1, 0.15) is 51.5 Å². The highest BCUT2D eigenvalue weighted by Gasteiger charge is 2.35. The van der Waals surface area contributed by atoms with Crippen LogP contribution in [-0.4, -0.2) is 36.2 Å². The van der Waals surface area contributed by atoms with Crippen molar-refractivity contribution in [2.75, 3.05) is 19.6 Å². The molecule has 0 aliphatic carbocycles. The van der Waals surface area contributed by atoms with Gasteiger partial charge in [0, 0.05) is 28.5 Å². The molecule has 0 spiro atoms. The molecule has 1 aliphatic rings. The summed E-state index contributed by atoms with van der Waals surface area (Å²) in [5.74, 6) is 0.420. The van der Waals surface area contributed by atoms with Crippen molar-refractivity contribution < 1.29 is 9.53 Å². The second-order valence-electron chi connectivity index (χ2n) is 7.04. The number of nitrogens with one attached hydrogen (secondary N) is 1. The van der Waals surface area contributed by atoms with Gasteiger partial charge in [0.25, 0.3) is 0 Å². The van der Waals surface area contributed by atoms with Crippen molar-refractivity contribution in [3.8, 4) is 0 Å². The van der Waals surface area contributed by atoms with Crippen molar-refractivity contribution in [2.45, 2.75) is 52.2 Å². The second kappa shape index (κ2) is 7.99. The van der Waals surface area contributed by atoms with Crippen LogP contribution >= 0.6 is 27.3 Å². The molecule has 4 nitrogen and oxygen atoms in total. The maximum atomic E-state index is 12.3. The largest absolute Gasteiger partial charge is 0.444 e. The Labute approximate surface area is 151 Å². The molecule has 0 radical (unpaired) electrons. The fourth-order valence-corrected chi connectivity index (χ4v) is 4.64. The molecule has 0 saturated carbocycles. The van der Waals surface area contributed by atoms with E-state index in [1.54, 1.807) is 11.3 Å². The standard InChI is InChI=1S/C17H27BrN2O2S/c1-5-8-19-14(15-13(18)7-10-23-15)12-6-9-20(11-12)16(21)22-17(2,3)4/h7,10,12,14,19H,5-6,8-9,11H2,1-4H3. The number of likely N-dealkylation sites (tertiary alicyclic amines) is 1. The molecular formula is C17H27BrN2O2S. The number of amides is 1. The lowest BCUT2D eigenvalue weighted by Crippen LogP contribution is -2.36. The van der Waals surface area contributed by atoms with Crippen molar-refractivity contribution in [3.63, 3.8) is 0 Å². The molecule has 130 valence electrons. The van der Waals surface area contributed by atoms with Gasteiger partial charge < -0.3 is 15.0 Å². The topological polar surface area (TPSA) is 41.6 Å². The number of hydrogen-bond donors (Lipinski definition) is 1. The SMILES string of the molecule is CCCNC(c1sccc1Br)C1CCN(C(=O)OC(C)(C)C)C1. The first-order chi connectivity index (χ1) is 10.8. The van der Waals surface area contributed by atoms with Gasteiger partial charge in [-0.2, -0.15) is 0 Å². The molecule has 1 fully saturated rings. The molecule has 1 saturated heterocycles. The summed E-state index contributed by atoms with van der Waals surface area (Å²) in [5.41, 5.74) is -0.439. The van der Waals surface area contributed by atoms with Gasteiger partial charge in [0.05, 0.1) is 0 Å². The second-order valence-corrected chi connectivity index (χ2v) is 8.84. The lowest BCUT2D eigenvalue weighted by atomic mass is 9.97. The van der Waals surface area contributed by atoms with Gasteiger partial charge in [0.1, 0.15) is 5.60 Å². The molecule has 1 aromatic heterocycles. The number of halogens is 1. The molecule has 23 heavy (non-hydrogen) atoms. The molecule has 2 atom stereocenters. The predicted octanol–water partition coefficient (Wildman–Crippen LogP) is 4.81. The zero-order valence-electron chi connectivity index (χ0n) is 14.4. The van der Waals surface area contributed by atoms with Gasteiger partial charge in [-0.25, -0.2) is 4.79 Å². The smallest absolute Gasteiger partial charge is 0.410 e. The summed E-state index contributed by atoms with van der Waals surface area (Å²) >= 11 is 5.43. The molecule has 0 bridgehead atoms. The Kier molecular flexibility index (Phi) is 6.51. The van der Waals surface area contributed by atoms with Crippen LogP contribution in [0.15, 0.2) is 15.9 Å². The zero-order valence-corrected chi connectivity index (χ0v) is 16.8. The minimum absolute atomic E-state index is 0.195. The number of hydrogen-bond acceptors (Lipinski definition) is 4. The molecular weight excluding hydrogens is 376 g/mol. The zero-order chi connectivity index (χ0) is 17.0. The summed E-state index contributed by atoms with van der Waals surface area (Å²) in [6.07, 6.45) is 1.91. The van der Waals surface area contributed by atoms with Crippen molar-refractivity contribution in [2.24, 2.45) is 5.92 Å². The summed E-state index contributed by atoms with van der Waals surface area (Å²) < 4.78 is 6.66. The van der Waals surface area contributed by atoms with Gasteiger partial charge >= 0.3 is 6.09 Å². The molecule has 2 heterocycles. The van der Waals surface area contributed by atoms with E-state index in [9.17, 15) is 4.79 Å². The molecule has 2 rings (SSSR count). The molecule has 1 aromatic rings. The lowest BCUT2D eigenvalue weighted by Gasteiger charge is -2.26. The third-order valence-corrected chi connectivity index (χ3v) is 5.84. The van der Waals surface area contributed by atoms with Crippen LogP contribution in [0.3, 0.4) is 0 Å². The van der Waals surface area contributed by atoms with Gasteiger partial charge in [-0.1, -0.05) is 6.92 Å². The minimum Gasteiger partial charge on any atom is -0.444 e. The number of thiophene rings is 1. The fourth-order valence-electron chi connectivity index (χ4n) is 2.85. The third-order valence-electron chi connectivity index (χ3n) is 3.89. The normalized spacial score (nSPS) is 19.9. The Hall–Kier alpha value is -0.590. The first-order valence-electron chi connectivity index (χ1n) is 8.26. The van der Waals surface area contributed by atoms with Gasteiger partial charge in [0.2, 0.25) is 0 Å². The van der Waals surface area contributed by atoms with Crippen molar-refractivity contribution in [1.82, 2.24) is 10.2 Å². The Morgan fingerprint density at radius 3 is 2.87 bits per heavy atom. The molecule has 2 unspecified atom stereocenters. The fraction of sp³-hybridized carbons (Fsp3) is 0.706. The quantitative estimate of drug-likeness (QED) is 0.767. The number of carbonyl (C=O) groups is 1. The van der Waals surface area contributed by atoms with Crippen LogP contribution in [0, 0.1) is 5.92 Å². The lowest BCUT2D eigenvalue weighted by molar-refractivity contribution is 0.0285. The summed E-state index contributed by atoms with van der Waals surface area (Å²) in [4.78, 5) is 15.4. The van der Waals surface area contributed by atoms with Gasteiger partial charge in [0.15, 0.2) is 0 Å². The van der Waals surface area contributed by atoms with E-state index in [1.165, 1.54) is 4.88 Å². The molecule has 0 aromatic carbocycles. The van der Waals surface area contributed by atoms with E-state index in [1.807, 2.05) is 25.7 Å². The van der Waals surface area contributed by atoms with Gasteiger partial charge in [-0.15, -0.1) is 11.3 Å². The number of nitrogens with zero attached hydrogens (tertiary/aromatic N) is 1. The van der Waals surface area contributed by atoms with Crippen LogP contribution < -0.4 is 5.32 Å². The van der Waals surface area contributed by atoms with E-state index in [0.717, 1.165) is 36.9 Å². The Bertz CT molecular complexity index is 527. The Balaban J connectivity index is 2.04. The molecule has 1 aliphatic heterocycles. The first-order valence-corrected chi connectivity index (χ1v) is 9.93. The van der Waals surface area contributed by atoms with Crippen molar-refractivity contribution in [3.05, 3.63) is 20.8 Å². The van der Waals surface area contributed by atoms with Crippen LogP contribution in [0.25, 0.3) is 0 Å². The van der Waals surface area contributed by atoms with Crippen LogP contribution in [0.4, 0.5) is 4.79 Å². The van der Waals surface area contributed by atoms with Gasteiger partial charge in [-0.05, 0) is 73.5 Å². The summed E-state index contributed by atoms with van der Waals surface area (Å²) in [5, 5.41) is 5.78. The van der Waals surface area contributed by atoms with Crippen molar-refractivity contribution >= 4 is 33.4 Å². The van der Waals surface area contributed by atoms with Crippen molar-refractivity contribution in [1.29, 1.82) is 0 Å². The van der Waals surface area contributed by atoms with E-state index in [4.69, 9.17) is 4.74 Å². The van der Waals surface area contributed by atoms with E-state index in [-0.39, 0.29) is 12.1 Å². The summed E-state index contributed by atoms with van der Waals surface area (Å²) in [6, 6.07) is 2.39. The average molecular weight is 403 g/mol. The molecule has 6 heteroatoms. The average Bonchev–Trinajstić information content (AvgIpc) is 3.08. The van der Waals surface area contributed by atoms with E-state index in [0.29, 0.717) is 5.92 Å². The molecule has 1 N–H and O–H groups in total. The van der Waals surface area contributed by atoms with E-state index >= 15 is 0 Å². The van der Waals surface area contributed by atoms with Crippen LogP contribution in [-0.2, 0) is 4.74 Å². The highest BCUT2D eigenvalue weighted by atomic mass is 79.9. The Morgan fingerprint density at radius 1 is 1.57 bits per heavy atom. The van der Waals surface area contributed by atoms with Crippen LogP contribution in [0.2, 0.25) is 0 Å². The maximum Gasteiger partial charge on any atom is 0.410 e. The third kappa shape index (κ3) is 5.19. The maximum absolute atomic E-state index is 12.3. The van der Waals surface area contributed by atoms with Crippen LogP contribution in [0.5, 0.6) is 0 Å². The first kappa shape index (κ1) is 18.7. The number of ether oxygens (including phenoxy) is 1. The van der Waals surface area contributed by atoms with Gasteiger partial charge in [-0.3, -0.25) is 0 Å². The highest BCUT2D eigenvalue weighted by Crippen LogP contribution is 2.37. The minimum atomic E-state index is -0.439.